The van der Waals surface area contributed by atoms with Crippen molar-refractivity contribution in [2.24, 2.45) is 5.92 Å². The van der Waals surface area contributed by atoms with Crippen molar-refractivity contribution >= 4 is 5.91 Å². The minimum absolute atomic E-state index is 0.120. The zero-order valence-electron chi connectivity index (χ0n) is 3.99. The van der Waals surface area contributed by atoms with E-state index in [1.165, 1.54) is 0 Å². The van der Waals surface area contributed by atoms with Crippen molar-refractivity contribution < 1.29 is 4.79 Å². The molecule has 2 heteroatoms. The number of hydrogen-bond donors (Lipinski definition) is 0. The molecule has 0 bridgehead atoms. The van der Waals surface area contributed by atoms with Crippen molar-refractivity contribution in [3.63, 3.8) is 0 Å². The van der Waals surface area contributed by atoms with E-state index in [0.29, 0.717) is 0 Å². The zero-order chi connectivity index (χ0) is 5.15. The third kappa shape index (κ3) is 1.76. The quantitative estimate of drug-likeness (QED) is 0.456. The molecule has 0 atom stereocenters. The minimum atomic E-state index is -0.491. The van der Waals surface area contributed by atoms with Crippen LogP contribution in [0.2, 0.25) is 0 Å². The molecule has 0 fully saturated rings. The van der Waals surface area contributed by atoms with E-state index >= 15 is 0 Å². The molecular formula is C4H8NO. The predicted molar refractivity (Wildman–Crippen MR) is 22.9 cm³/mol. The molecule has 0 saturated carbocycles. The summed E-state index contributed by atoms with van der Waals surface area (Å²) in [6, 6.07) is 0. The molecule has 0 saturated heterocycles. The summed E-state index contributed by atoms with van der Waals surface area (Å²) in [6.07, 6.45) is 0. The summed E-state index contributed by atoms with van der Waals surface area (Å²) in [5.41, 5.74) is 6.39. The van der Waals surface area contributed by atoms with Crippen LogP contribution < -0.4 is 5.73 Å². The Morgan fingerprint density at radius 1 is 1.67 bits per heavy atom. The Kier molecular flexibility index (Phi) is 1.64. The Labute approximate surface area is 37.3 Å². The number of rotatable bonds is 1. The van der Waals surface area contributed by atoms with Crippen LogP contribution in [0.3, 0.4) is 0 Å². The fraction of sp³-hybridized carbons (Fsp3) is 0.750. The molecule has 0 spiro atoms. The molecule has 0 rings (SSSR count). The first-order valence-corrected chi connectivity index (χ1v) is 1.90. The number of hydrogen-bond acceptors (Lipinski definition) is 1. The van der Waals surface area contributed by atoms with Gasteiger partial charge in [0.1, 0.15) is 0 Å². The molecule has 1 radical (unpaired) electrons. The first kappa shape index (κ1) is 5.47. The van der Waals surface area contributed by atoms with Gasteiger partial charge in [-0.2, -0.15) is 0 Å². The highest BCUT2D eigenvalue weighted by atomic mass is 16.1. The van der Waals surface area contributed by atoms with E-state index in [1.807, 2.05) is 0 Å². The molecule has 0 unspecified atom stereocenters. The third-order valence-electron chi connectivity index (χ3n) is 0.524. The summed E-state index contributed by atoms with van der Waals surface area (Å²) >= 11 is 0. The Hall–Kier alpha value is -0.530. The van der Waals surface area contributed by atoms with E-state index in [-0.39, 0.29) is 5.92 Å². The molecule has 0 aromatic heterocycles. The highest BCUT2D eigenvalue weighted by molar-refractivity contribution is 5.74. The topological polar surface area (TPSA) is 40.9 Å². The molecule has 0 aromatic rings. The van der Waals surface area contributed by atoms with Crippen LogP contribution in [0.5, 0.6) is 0 Å². The molecule has 0 aliphatic rings. The van der Waals surface area contributed by atoms with Crippen LogP contribution >= 0.6 is 0 Å². The molecule has 0 aliphatic carbocycles. The van der Waals surface area contributed by atoms with Crippen molar-refractivity contribution in [1.82, 2.24) is 5.73 Å². The van der Waals surface area contributed by atoms with Crippen LogP contribution in [-0.4, -0.2) is 5.91 Å². The van der Waals surface area contributed by atoms with Crippen molar-refractivity contribution in [3.05, 3.63) is 0 Å². The van der Waals surface area contributed by atoms with Gasteiger partial charge in [-0.15, -0.1) is 0 Å². The summed E-state index contributed by atoms with van der Waals surface area (Å²) in [6.45, 7) is 3.41. The molecule has 1 N–H and O–H groups in total. The molecule has 2 nitrogen and oxygen atoms in total. The summed E-state index contributed by atoms with van der Waals surface area (Å²) < 4.78 is 0. The molecule has 1 amide bonds. The third-order valence-corrected chi connectivity index (χ3v) is 0.524. The lowest BCUT2D eigenvalue weighted by Crippen LogP contribution is -2.05. The highest BCUT2D eigenvalue weighted by Gasteiger charge is 1.97. The van der Waals surface area contributed by atoms with Gasteiger partial charge < -0.3 is 0 Å². The van der Waals surface area contributed by atoms with Crippen molar-refractivity contribution in [2.75, 3.05) is 0 Å². The lowest BCUT2D eigenvalue weighted by molar-refractivity contribution is -0.121. The van der Waals surface area contributed by atoms with Crippen LogP contribution in [0.4, 0.5) is 0 Å². The largest absolute Gasteiger partial charge is 0.273 e. The molecular weight excluding hydrogens is 78.0 g/mol. The van der Waals surface area contributed by atoms with Gasteiger partial charge in [-0.3, -0.25) is 10.5 Å². The Balaban J connectivity index is 3.26. The maximum Gasteiger partial charge on any atom is 0.240 e. The van der Waals surface area contributed by atoms with Crippen molar-refractivity contribution in [2.45, 2.75) is 13.8 Å². The minimum Gasteiger partial charge on any atom is -0.273 e. The molecule has 0 aromatic carbocycles. The van der Waals surface area contributed by atoms with Crippen molar-refractivity contribution in [3.8, 4) is 0 Å². The van der Waals surface area contributed by atoms with E-state index in [2.05, 4.69) is 0 Å². The second-order valence-electron chi connectivity index (χ2n) is 1.52. The summed E-state index contributed by atoms with van der Waals surface area (Å²) in [4.78, 5) is 9.81. The van der Waals surface area contributed by atoms with Crippen LogP contribution in [0, 0.1) is 5.92 Å². The van der Waals surface area contributed by atoms with Gasteiger partial charge in [0.05, 0.1) is 0 Å². The Morgan fingerprint density at radius 3 is 1.83 bits per heavy atom. The summed E-state index contributed by atoms with van der Waals surface area (Å²) in [5, 5.41) is 0. The molecule has 6 heavy (non-hydrogen) atoms. The van der Waals surface area contributed by atoms with E-state index in [4.69, 9.17) is 5.73 Å². The average Bonchev–Trinajstić information content (AvgIpc) is 1.36. The zero-order valence-corrected chi connectivity index (χ0v) is 3.99. The summed E-state index contributed by atoms with van der Waals surface area (Å²) in [7, 11) is 0. The fourth-order valence-electron chi connectivity index (χ4n) is 0. The van der Waals surface area contributed by atoms with Gasteiger partial charge in [-0.1, -0.05) is 13.8 Å². The van der Waals surface area contributed by atoms with Crippen LogP contribution in [0.15, 0.2) is 0 Å². The van der Waals surface area contributed by atoms with Gasteiger partial charge in [-0.05, 0) is 0 Å². The smallest absolute Gasteiger partial charge is 0.240 e. The van der Waals surface area contributed by atoms with Crippen molar-refractivity contribution in [1.29, 1.82) is 0 Å². The van der Waals surface area contributed by atoms with Crippen LogP contribution in [0.1, 0.15) is 13.8 Å². The first-order chi connectivity index (χ1) is 2.64. The van der Waals surface area contributed by atoms with Gasteiger partial charge in [0.15, 0.2) is 0 Å². The second-order valence-corrected chi connectivity index (χ2v) is 1.52. The number of carbonyl (C=O) groups excluding carboxylic acids is 1. The van der Waals surface area contributed by atoms with E-state index in [9.17, 15) is 4.79 Å². The van der Waals surface area contributed by atoms with Crippen LogP contribution in [-0.2, 0) is 4.79 Å². The van der Waals surface area contributed by atoms with Gasteiger partial charge in [0, 0.05) is 5.92 Å². The number of amides is 1. The fourth-order valence-corrected chi connectivity index (χ4v) is 0. The molecule has 0 heterocycles. The van der Waals surface area contributed by atoms with E-state index in [1.54, 1.807) is 13.8 Å². The first-order valence-electron chi connectivity index (χ1n) is 1.90. The van der Waals surface area contributed by atoms with Gasteiger partial charge in [0.2, 0.25) is 5.91 Å². The molecule has 35 valence electrons. The number of nitrogens with one attached hydrogen (secondary N) is 1. The second kappa shape index (κ2) is 1.80. The maximum atomic E-state index is 9.81. The van der Waals surface area contributed by atoms with Gasteiger partial charge in [0.25, 0.3) is 0 Å². The van der Waals surface area contributed by atoms with E-state index < -0.39 is 5.91 Å². The number of carbonyl (C=O) groups is 1. The van der Waals surface area contributed by atoms with Crippen LogP contribution in [0.25, 0.3) is 0 Å². The van der Waals surface area contributed by atoms with E-state index in [0.717, 1.165) is 0 Å². The monoisotopic (exact) mass is 86.1 g/mol. The highest BCUT2D eigenvalue weighted by Crippen LogP contribution is 1.86. The van der Waals surface area contributed by atoms with Gasteiger partial charge >= 0.3 is 0 Å². The summed E-state index contributed by atoms with van der Waals surface area (Å²) in [5.74, 6) is -0.611. The molecule has 0 aliphatic heterocycles. The lowest BCUT2D eigenvalue weighted by atomic mass is 10.2. The average molecular weight is 86.1 g/mol. The maximum absolute atomic E-state index is 9.81. The Bertz CT molecular complexity index is 58.6. The predicted octanol–water partition coefficient (Wildman–Crippen LogP) is 0.452. The SMILES string of the molecule is CC(C)C([NH])=O. The standard InChI is InChI=1S/C4H8NO/c1-3(2)4(5)6/h3,5H,1-2H3. The Morgan fingerprint density at radius 2 is 1.83 bits per heavy atom. The lowest BCUT2D eigenvalue weighted by Gasteiger charge is -1.89. The van der Waals surface area contributed by atoms with Gasteiger partial charge in [-0.25, -0.2) is 0 Å². The normalized spacial score (nSPS) is 9.17.